The Morgan fingerprint density at radius 2 is 1.02 bits per heavy atom. The molecule has 0 saturated heterocycles. The van der Waals surface area contributed by atoms with Gasteiger partial charge < -0.3 is 8.98 Å². The molecule has 196 valence electrons. The average molecular weight is 536 g/mol. The van der Waals surface area contributed by atoms with Gasteiger partial charge in [-0.15, -0.1) is 0 Å². The summed E-state index contributed by atoms with van der Waals surface area (Å²) in [6.45, 7) is 0. The highest BCUT2D eigenvalue weighted by Crippen LogP contribution is 2.42. The van der Waals surface area contributed by atoms with Crippen LogP contribution in [-0.4, -0.2) is 4.57 Å². The fraction of sp³-hybridized carbons (Fsp3) is 0. The van der Waals surface area contributed by atoms with Crippen molar-refractivity contribution in [2.24, 2.45) is 0 Å². The smallest absolute Gasteiger partial charge is 0.145 e. The Morgan fingerprint density at radius 1 is 0.405 bits per heavy atom. The van der Waals surface area contributed by atoms with Crippen LogP contribution in [0.1, 0.15) is 0 Å². The van der Waals surface area contributed by atoms with Gasteiger partial charge >= 0.3 is 0 Å². The lowest BCUT2D eigenvalue weighted by atomic mass is 9.98. The van der Waals surface area contributed by atoms with Crippen molar-refractivity contribution in [2.75, 3.05) is 0 Å². The van der Waals surface area contributed by atoms with E-state index >= 15 is 0 Å². The zero-order valence-corrected chi connectivity index (χ0v) is 22.8. The monoisotopic (exact) mass is 535 g/mol. The van der Waals surface area contributed by atoms with E-state index in [1.807, 2.05) is 0 Å². The molecule has 9 rings (SSSR count). The topological polar surface area (TPSA) is 18.1 Å². The minimum Gasteiger partial charge on any atom is -0.455 e. The Kier molecular flexibility index (Phi) is 4.93. The molecule has 0 fully saturated rings. The summed E-state index contributed by atoms with van der Waals surface area (Å²) in [5.41, 5.74) is 10.1. The number of hydrogen-bond acceptors (Lipinski definition) is 1. The first-order valence-electron chi connectivity index (χ1n) is 14.4. The number of nitrogens with zero attached hydrogens (tertiary/aromatic N) is 1. The van der Waals surface area contributed by atoms with E-state index in [0.717, 1.165) is 44.0 Å². The fourth-order valence-corrected chi connectivity index (χ4v) is 6.58. The molecule has 0 saturated carbocycles. The van der Waals surface area contributed by atoms with Crippen molar-refractivity contribution in [1.29, 1.82) is 0 Å². The minimum absolute atomic E-state index is 0.922. The third-order valence-electron chi connectivity index (χ3n) is 8.53. The largest absolute Gasteiger partial charge is 0.455 e. The SMILES string of the molecule is c1ccc(-c2cc(-c3ccccc3)cc(-n3c4ccccc4c4c5oc6cc7ccccc7cc6c5ccc43)c2)cc1. The summed E-state index contributed by atoms with van der Waals surface area (Å²) in [4.78, 5) is 0. The standard InChI is InChI=1S/C40H25NO/c1-3-11-26(12-4-1)30-21-31(27-13-5-2-6-14-27)23-32(22-30)41-36-18-10-9-17-34(36)39-37(41)20-19-33-35-24-28-15-7-8-16-29(28)25-38(35)42-40(33)39/h1-25H. The molecule has 0 aliphatic rings. The van der Waals surface area contributed by atoms with E-state index in [1.165, 1.54) is 38.4 Å². The first-order valence-corrected chi connectivity index (χ1v) is 14.4. The molecular weight excluding hydrogens is 510 g/mol. The first kappa shape index (κ1) is 23.1. The van der Waals surface area contributed by atoms with Crippen LogP contribution in [-0.2, 0) is 0 Å². The van der Waals surface area contributed by atoms with Crippen LogP contribution in [0, 0.1) is 0 Å². The number of para-hydroxylation sites is 1. The van der Waals surface area contributed by atoms with Gasteiger partial charge in [0, 0.05) is 21.8 Å². The zero-order valence-electron chi connectivity index (χ0n) is 22.8. The Hall–Kier alpha value is -5.60. The second-order valence-electron chi connectivity index (χ2n) is 11.0. The van der Waals surface area contributed by atoms with E-state index in [-0.39, 0.29) is 0 Å². The predicted octanol–water partition coefficient (Wildman–Crippen LogP) is 11.2. The van der Waals surface area contributed by atoms with Gasteiger partial charge in [0.25, 0.3) is 0 Å². The van der Waals surface area contributed by atoms with Gasteiger partial charge in [0.2, 0.25) is 0 Å². The first-order chi connectivity index (χ1) is 20.8. The number of benzene rings is 7. The van der Waals surface area contributed by atoms with E-state index < -0.39 is 0 Å². The molecule has 0 unspecified atom stereocenters. The van der Waals surface area contributed by atoms with E-state index in [0.29, 0.717) is 0 Å². The average Bonchev–Trinajstić information content (AvgIpc) is 3.59. The van der Waals surface area contributed by atoms with Crippen molar-refractivity contribution in [3.63, 3.8) is 0 Å². The summed E-state index contributed by atoms with van der Waals surface area (Å²) in [6.07, 6.45) is 0. The number of furan rings is 1. The third kappa shape index (κ3) is 3.45. The molecule has 0 bridgehead atoms. The minimum atomic E-state index is 0.922. The van der Waals surface area contributed by atoms with Crippen LogP contribution in [0.2, 0.25) is 0 Å². The summed E-state index contributed by atoms with van der Waals surface area (Å²) in [5.74, 6) is 0. The number of hydrogen-bond donors (Lipinski definition) is 0. The van der Waals surface area contributed by atoms with Crippen LogP contribution < -0.4 is 0 Å². The van der Waals surface area contributed by atoms with Gasteiger partial charge in [-0.3, -0.25) is 0 Å². The van der Waals surface area contributed by atoms with Crippen LogP contribution >= 0.6 is 0 Å². The molecule has 0 radical (unpaired) electrons. The van der Waals surface area contributed by atoms with Gasteiger partial charge in [-0.2, -0.15) is 0 Å². The van der Waals surface area contributed by atoms with Gasteiger partial charge in [0.1, 0.15) is 11.2 Å². The summed E-state index contributed by atoms with van der Waals surface area (Å²) in [7, 11) is 0. The Balaban J connectivity index is 1.38. The fourth-order valence-electron chi connectivity index (χ4n) is 6.58. The number of aromatic nitrogens is 1. The quantitative estimate of drug-likeness (QED) is 0.220. The summed E-state index contributed by atoms with van der Waals surface area (Å²) in [5, 5.41) is 7.05. The van der Waals surface area contributed by atoms with E-state index in [1.54, 1.807) is 0 Å². The second kappa shape index (κ2) is 8.95. The van der Waals surface area contributed by atoms with Crippen molar-refractivity contribution in [2.45, 2.75) is 0 Å². The maximum absolute atomic E-state index is 6.70. The molecule has 0 atom stereocenters. The highest BCUT2D eigenvalue weighted by Gasteiger charge is 2.19. The Bertz CT molecular complexity index is 2390. The van der Waals surface area contributed by atoms with Crippen molar-refractivity contribution < 1.29 is 4.42 Å². The molecule has 2 heterocycles. The molecule has 7 aromatic carbocycles. The van der Waals surface area contributed by atoms with Gasteiger partial charge in [-0.25, -0.2) is 0 Å². The summed E-state index contributed by atoms with van der Waals surface area (Å²) < 4.78 is 9.10. The van der Waals surface area contributed by atoms with Gasteiger partial charge in [0.05, 0.1) is 16.4 Å². The van der Waals surface area contributed by atoms with Crippen molar-refractivity contribution in [3.05, 3.63) is 152 Å². The molecule has 0 spiro atoms. The maximum atomic E-state index is 6.70. The molecule has 2 heteroatoms. The Morgan fingerprint density at radius 3 is 1.74 bits per heavy atom. The van der Waals surface area contributed by atoms with Gasteiger partial charge in [0.15, 0.2) is 0 Å². The van der Waals surface area contributed by atoms with Crippen molar-refractivity contribution in [3.8, 4) is 27.9 Å². The van der Waals surface area contributed by atoms with Gasteiger partial charge in [-0.1, -0.05) is 103 Å². The second-order valence-corrected chi connectivity index (χ2v) is 11.0. The highest BCUT2D eigenvalue weighted by atomic mass is 16.3. The molecule has 0 N–H and O–H groups in total. The van der Waals surface area contributed by atoms with Crippen LogP contribution in [0.25, 0.3) is 82.5 Å². The number of fused-ring (bicyclic) bond motifs is 8. The zero-order chi connectivity index (χ0) is 27.6. The lowest BCUT2D eigenvalue weighted by Gasteiger charge is -2.14. The highest BCUT2D eigenvalue weighted by molar-refractivity contribution is 6.24. The molecule has 0 aliphatic carbocycles. The van der Waals surface area contributed by atoms with Crippen molar-refractivity contribution >= 4 is 54.5 Å². The Labute approximate surface area is 242 Å². The molecular formula is C40H25NO. The van der Waals surface area contributed by atoms with E-state index in [2.05, 4.69) is 156 Å². The van der Waals surface area contributed by atoms with Crippen LogP contribution in [0.3, 0.4) is 0 Å². The normalized spacial score (nSPS) is 11.8. The molecule has 0 amide bonds. The molecule has 9 aromatic rings. The van der Waals surface area contributed by atoms with E-state index in [9.17, 15) is 0 Å². The van der Waals surface area contributed by atoms with Gasteiger partial charge in [-0.05, 0) is 81.6 Å². The molecule has 2 nitrogen and oxygen atoms in total. The van der Waals surface area contributed by atoms with Crippen LogP contribution in [0.15, 0.2) is 156 Å². The van der Waals surface area contributed by atoms with Crippen LogP contribution in [0.4, 0.5) is 0 Å². The lowest BCUT2D eigenvalue weighted by molar-refractivity contribution is 0.673. The van der Waals surface area contributed by atoms with Crippen molar-refractivity contribution in [1.82, 2.24) is 4.57 Å². The number of rotatable bonds is 3. The predicted molar refractivity (Wildman–Crippen MR) is 176 cm³/mol. The summed E-state index contributed by atoms with van der Waals surface area (Å²) in [6, 6.07) is 54.3. The third-order valence-corrected chi connectivity index (χ3v) is 8.53. The summed E-state index contributed by atoms with van der Waals surface area (Å²) >= 11 is 0. The lowest BCUT2D eigenvalue weighted by Crippen LogP contribution is -1.96. The van der Waals surface area contributed by atoms with E-state index in [4.69, 9.17) is 4.42 Å². The molecule has 42 heavy (non-hydrogen) atoms. The van der Waals surface area contributed by atoms with Crippen LogP contribution in [0.5, 0.6) is 0 Å². The molecule has 2 aromatic heterocycles. The molecule has 0 aliphatic heterocycles. The maximum Gasteiger partial charge on any atom is 0.145 e.